The maximum absolute atomic E-state index is 13.1. The summed E-state index contributed by atoms with van der Waals surface area (Å²) in [6.07, 6.45) is 63.9. The Labute approximate surface area is 619 Å². The van der Waals surface area contributed by atoms with Crippen LogP contribution in [-0.2, 0) is 65.4 Å². The zero-order valence-corrected chi connectivity index (χ0v) is 68.0. The van der Waals surface area contributed by atoms with E-state index in [0.29, 0.717) is 31.6 Å². The highest BCUT2D eigenvalue weighted by molar-refractivity contribution is 7.47. The Balaban J connectivity index is 5.23. The minimum Gasteiger partial charge on any atom is -0.462 e. The molecule has 0 bridgehead atoms. The SMILES string of the molecule is CCCCCCCCCCCCCCCCCCCCC(=O)OC[C@H](COP(=O)(O)OC[C@@H](O)COP(=O)(O)OC[C@@H](COC(=O)CCCCCCCCC(C)C)OC(=O)CCCCCCCCCCCCCCCCCC)OC(=O)CCCCCCCCCCCCCCCCC(C)CC. The van der Waals surface area contributed by atoms with Crippen molar-refractivity contribution >= 4 is 39.5 Å². The molecule has 3 N–H and O–H groups in total. The van der Waals surface area contributed by atoms with Gasteiger partial charge in [0, 0.05) is 25.7 Å². The van der Waals surface area contributed by atoms with Crippen molar-refractivity contribution in [1.29, 1.82) is 0 Å². The number of rotatable bonds is 81. The van der Waals surface area contributed by atoms with Crippen LogP contribution in [0.1, 0.15) is 433 Å². The summed E-state index contributed by atoms with van der Waals surface area (Å²) >= 11 is 0. The molecule has 101 heavy (non-hydrogen) atoms. The van der Waals surface area contributed by atoms with E-state index in [-0.39, 0.29) is 25.7 Å². The first kappa shape index (κ1) is 99.1. The molecule has 0 rings (SSSR count). The van der Waals surface area contributed by atoms with Crippen molar-refractivity contribution in [3.8, 4) is 0 Å². The van der Waals surface area contributed by atoms with E-state index < -0.39 is 97.5 Å². The number of carbonyl (C=O) groups excluding carboxylic acids is 4. The molecule has 0 amide bonds. The standard InChI is InChI=1S/C82H160O17P2/c1-7-10-12-14-16-18-20-22-24-26-27-29-33-37-41-45-52-58-64-79(84)92-70-77(98-81(86)66-61-55-47-43-39-35-31-30-32-36-40-44-51-57-63-75(6)9-3)72-96-100(88,89)94-68-76(83)69-95-101(90,91)97-73-78(71-93-80(85)65-59-53-49-48-50-56-62-74(4)5)99-82(87)67-60-54-46-42-38-34-28-25-23-21-19-17-15-13-11-8-2/h74-78,83H,7-73H2,1-6H3,(H,88,89)(H,90,91)/t75?,76-,77-,78-/m1/s1. The molecule has 0 radical (unpaired) electrons. The van der Waals surface area contributed by atoms with Crippen LogP contribution < -0.4 is 0 Å². The lowest BCUT2D eigenvalue weighted by molar-refractivity contribution is -0.161. The quantitative estimate of drug-likeness (QED) is 0.0222. The normalized spacial score (nSPS) is 14.2. The van der Waals surface area contributed by atoms with Gasteiger partial charge in [0.2, 0.25) is 0 Å². The van der Waals surface area contributed by atoms with Crippen molar-refractivity contribution in [3.63, 3.8) is 0 Å². The predicted molar refractivity (Wildman–Crippen MR) is 414 cm³/mol. The van der Waals surface area contributed by atoms with Gasteiger partial charge in [-0.05, 0) is 37.5 Å². The first-order chi connectivity index (χ1) is 48.9. The van der Waals surface area contributed by atoms with Crippen molar-refractivity contribution < 1.29 is 80.2 Å². The van der Waals surface area contributed by atoms with Gasteiger partial charge in [-0.25, -0.2) is 9.13 Å². The summed E-state index contributed by atoms with van der Waals surface area (Å²) in [5, 5.41) is 10.6. The number of esters is 4. The van der Waals surface area contributed by atoms with E-state index in [9.17, 15) is 43.2 Å². The van der Waals surface area contributed by atoms with Gasteiger partial charge in [-0.15, -0.1) is 0 Å². The Morgan fingerprint density at radius 1 is 0.287 bits per heavy atom. The van der Waals surface area contributed by atoms with Crippen molar-refractivity contribution in [2.45, 2.75) is 452 Å². The molecule has 19 heteroatoms. The van der Waals surface area contributed by atoms with Crippen molar-refractivity contribution in [2.24, 2.45) is 11.8 Å². The van der Waals surface area contributed by atoms with Gasteiger partial charge >= 0.3 is 39.5 Å². The molecule has 0 fully saturated rings. The molecule has 0 aromatic rings. The van der Waals surface area contributed by atoms with Gasteiger partial charge in [0.05, 0.1) is 26.4 Å². The molecule has 0 heterocycles. The molecule has 0 saturated carbocycles. The molecule has 0 aliphatic carbocycles. The Hall–Kier alpha value is -1.94. The second kappa shape index (κ2) is 73.6. The molecule has 0 aromatic carbocycles. The van der Waals surface area contributed by atoms with Crippen LogP contribution in [0.3, 0.4) is 0 Å². The lowest BCUT2D eigenvalue weighted by Gasteiger charge is -2.21. The van der Waals surface area contributed by atoms with Crippen LogP contribution >= 0.6 is 15.6 Å². The zero-order valence-electron chi connectivity index (χ0n) is 66.2. The highest BCUT2D eigenvalue weighted by Gasteiger charge is 2.30. The van der Waals surface area contributed by atoms with Crippen molar-refractivity contribution in [2.75, 3.05) is 39.6 Å². The molecular formula is C82H160O17P2. The number of phosphoric ester groups is 2. The van der Waals surface area contributed by atoms with E-state index in [1.54, 1.807) is 0 Å². The van der Waals surface area contributed by atoms with Gasteiger partial charge in [0.1, 0.15) is 19.3 Å². The van der Waals surface area contributed by atoms with E-state index in [1.165, 1.54) is 244 Å². The second-order valence-electron chi connectivity index (χ2n) is 30.2. The largest absolute Gasteiger partial charge is 0.472 e. The van der Waals surface area contributed by atoms with E-state index in [1.807, 2.05) is 0 Å². The Morgan fingerprint density at radius 3 is 0.752 bits per heavy atom. The molecule has 0 aliphatic heterocycles. The number of aliphatic hydroxyl groups excluding tert-OH is 1. The number of aliphatic hydroxyl groups is 1. The van der Waals surface area contributed by atoms with Gasteiger partial charge in [0.15, 0.2) is 12.2 Å². The summed E-state index contributed by atoms with van der Waals surface area (Å²) in [6.45, 7) is 9.62. The fourth-order valence-electron chi connectivity index (χ4n) is 12.7. The van der Waals surface area contributed by atoms with Crippen LogP contribution in [0.15, 0.2) is 0 Å². The second-order valence-corrected chi connectivity index (χ2v) is 33.1. The van der Waals surface area contributed by atoms with Crippen LogP contribution in [0, 0.1) is 11.8 Å². The topological polar surface area (TPSA) is 237 Å². The Kier molecular flexibility index (Phi) is 72.2. The van der Waals surface area contributed by atoms with Gasteiger partial charge < -0.3 is 33.8 Å². The molecule has 0 aliphatic rings. The average molecular weight is 1480 g/mol. The number of carbonyl (C=O) groups is 4. The number of unbranched alkanes of at least 4 members (excludes halogenated alkanes) is 50. The molecule has 0 aromatic heterocycles. The van der Waals surface area contributed by atoms with Gasteiger partial charge in [-0.2, -0.15) is 0 Å². The van der Waals surface area contributed by atoms with E-state index in [4.69, 9.17) is 37.0 Å². The number of phosphoric acid groups is 2. The smallest absolute Gasteiger partial charge is 0.462 e. The fraction of sp³-hybridized carbons (Fsp3) is 0.951. The number of hydrogen-bond donors (Lipinski definition) is 3. The van der Waals surface area contributed by atoms with Crippen molar-refractivity contribution in [3.05, 3.63) is 0 Å². The van der Waals surface area contributed by atoms with Gasteiger partial charge in [-0.1, -0.05) is 382 Å². The molecule has 6 atom stereocenters. The maximum Gasteiger partial charge on any atom is 0.472 e. The Bertz CT molecular complexity index is 1940. The molecule has 3 unspecified atom stereocenters. The van der Waals surface area contributed by atoms with Crippen LogP contribution in [0.2, 0.25) is 0 Å². The summed E-state index contributed by atoms with van der Waals surface area (Å²) in [5.74, 6) is -0.583. The minimum absolute atomic E-state index is 0.107. The molecule has 0 spiro atoms. The van der Waals surface area contributed by atoms with Crippen LogP contribution in [0.4, 0.5) is 0 Å². The van der Waals surface area contributed by atoms with Crippen LogP contribution in [0.25, 0.3) is 0 Å². The average Bonchev–Trinajstić information content (AvgIpc) is 0.957. The fourth-order valence-corrected chi connectivity index (χ4v) is 14.3. The summed E-state index contributed by atoms with van der Waals surface area (Å²) < 4.78 is 68.7. The first-order valence-corrected chi connectivity index (χ1v) is 45.5. The Morgan fingerprint density at radius 2 is 0.505 bits per heavy atom. The maximum atomic E-state index is 13.1. The van der Waals surface area contributed by atoms with Crippen LogP contribution in [0.5, 0.6) is 0 Å². The third-order valence-corrected chi connectivity index (χ3v) is 21.5. The number of hydrogen-bond acceptors (Lipinski definition) is 15. The lowest BCUT2D eigenvalue weighted by atomic mass is 9.99. The summed E-state index contributed by atoms with van der Waals surface area (Å²) in [5.41, 5.74) is 0. The predicted octanol–water partition coefficient (Wildman–Crippen LogP) is 24.7. The minimum atomic E-state index is -4.96. The zero-order chi connectivity index (χ0) is 74.2. The summed E-state index contributed by atoms with van der Waals surface area (Å²) in [4.78, 5) is 73.0. The third-order valence-electron chi connectivity index (χ3n) is 19.6. The highest BCUT2D eigenvalue weighted by Crippen LogP contribution is 2.45. The first-order valence-electron chi connectivity index (χ1n) is 42.5. The van der Waals surface area contributed by atoms with E-state index >= 15 is 0 Å². The molecule has 600 valence electrons. The van der Waals surface area contributed by atoms with Gasteiger partial charge in [-0.3, -0.25) is 37.3 Å². The highest BCUT2D eigenvalue weighted by atomic mass is 31.2. The summed E-state index contributed by atoms with van der Waals surface area (Å²) in [6, 6.07) is 0. The monoisotopic (exact) mass is 1480 g/mol. The molecule has 17 nitrogen and oxygen atoms in total. The molecule has 0 saturated heterocycles. The lowest BCUT2D eigenvalue weighted by Crippen LogP contribution is -2.30. The van der Waals surface area contributed by atoms with Crippen LogP contribution in [-0.4, -0.2) is 96.7 Å². The third kappa shape index (κ3) is 74.7. The molecular weight excluding hydrogens is 1320 g/mol. The van der Waals surface area contributed by atoms with E-state index in [2.05, 4.69) is 41.5 Å². The van der Waals surface area contributed by atoms with Gasteiger partial charge in [0.25, 0.3) is 0 Å². The summed E-state index contributed by atoms with van der Waals surface area (Å²) in [7, 11) is -9.92. The van der Waals surface area contributed by atoms with E-state index in [0.717, 1.165) is 102 Å². The number of ether oxygens (including phenoxy) is 4. The van der Waals surface area contributed by atoms with Crippen molar-refractivity contribution in [1.82, 2.24) is 0 Å².